The van der Waals surface area contributed by atoms with Crippen molar-refractivity contribution in [2.24, 2.45) is 5.11 Å². The normalized spacial score (nSPS) is 28.3. The number of anilines is 1. The van der Waals surface area contributed by atoms with Crippen molar-refractivity contribution >= 4 is 40.3 Å². The van der Waals surface area contributed by atoms with E-state index in [9.17, 15) is 28.6 Å². The molecule has 19 nitrogen and oxygen atoms in total. The second kappa shape index (κ2) is 9.80. The summed E-state index contributed by atoms with van der Waals surface area (Å²) in [4.78, 5) is 46.5. The van der Waals surface area contributed by atoms with Crippen LogP contribution in [0, 0.1) is 0 Å². The van der Waals surface area contributed by atoms with E-state index in [1.165, 1.54) is 12.3 Å². The molecule has 1 aliphatic rings. The number of nitrogens with zero attached hydrogens (tertiary/aromatic N) is 6. The van der Waals surface area contributed by atoms with Crippen molar-refractivity contribution in [3.63, 3.8) is 0 Å². The number of rotatable bonds is 10. The van der Waals surface area contributed by atoms with Gasteiger partial charge >= 0.3 is 23.5 Å². The third-order valence-electron chi connectivity index (χ3n) is 4.52. The standard InChI is InChI=1S/C12H17FN7O12P3/c13-7-9(21)12(3-18-19-15,4-29-34(25,26)32-35(27,28)31-33(22,23)24)30-11(7)20-5-17-8-6(14)1-2-16-10(8)20/h1-2,5,7,9,11,21H,3-4H2,(H2,14,16)(H,25,26)(H,27,28)(H2,22,23,24)/t7-,9+,11-,12-/m1/s1. The van der Waals surface area contributed by atoms with Crippen LogP contribution in [0.25, 0.3) is 21.6 Å². The van der Waals surface area contributed by atoms with Crippen molar-refractivity contribution in [2.75, 3.05) is 18.9 Å². The highest BCUT2D eigenvalue weighted by Gasteiger charge is 2.57. The molecular formula is C12H17FN7O12P3. The number of imidazole rings is 1. The van der Waals surface area contributed by atoms with Crippen LogP contribution in [0.4, 0.5) is 10.1 Å². The molecule has 0 amide bonds. The van der Waals surface area contributed by atoms with Crippen molar-refractivity contribution in [2.45, 2.75) is 24.1 Å². The molecular weight excluding hydrogens is 546 g/mol. The lowest BCUT2D eigenvalue weighted by atomic mass is 9.97. The number of phosphoric ester groups is 1. The van der Waals surface area contributed by atoms with Crippen LogP contribution in [-0.2, 0) is 31.6 Å². The first kappa shape index (κ1) is 27.6. The van der Waals surface area contributed by atoms with E-state index in [4.69, 9.17) is 25.8 Å². The van der Waals surface area contributed by atoms with Gasteiger partial charge in [0, 0.05) is 11.1 Å². The molecule has 0 saturated carbocycles. The molecule has 2 unspecified atom stereocenters. The molecule has 0 spiro atoms. The molecule has 1 saturated heterocycles. The van der Waals surface area contributed by atoms with Crippen LogP contribution in [0.2, 0.25) is 0 Å². The molecule has 2 aromatic rings. The maximum Gasteiger partial charge on any atom is 0.490 e. The molecule has 0 aliphatic carbocycles. The number of pyridine rings is 1. The summed E-state index contributed by atoms with van der Waals surface area (Å²) >= 11 is 0. The Morgan fingerprint density at radius 3 is 2.57 bits per heavy atom. The second-order valence-electron chi connectivity index (χ2n) is 6.94. The summed E-state index contributed by atoms with van der Waals surface area (Å²) in [6, 6.07) is 1.42. The Morgan fingerprint density at radius 1 is 1.26 bits per heavy atom. The summed E-state index contributed by atoms with van der Waals surface area (Å²) < 4.78 is 67.6. The van der Waals surface area contributed by atoms with Crippen molar-refractivity contribution in [3.8, 4) is 0 Å². The van der Waals surface area contributed by atoms with Crippen LogP contribution in [0.5, 0.6) is 0 Å². The predicted molar refractivity (Wildman–Crippen MR) is 110 cm³/mol. The fourth-order valence-electron chi connectivity index (χ4n) is 3.11. The van der Waals surface area contributed by atoms with E-state index in [1.807, 2.05) is 0 Å². The molecule has 3 rings (SSSR count). The average Bonchev–Trinajstić information content (AvgIpc) is 3.24. The molecule has 194 valence electrons. The van der Waals surface area contributed by atoms with Gasteiger partial charge in [-0.3, -0.25) is 9.09 Å². The monoisotopic (exact) mass is 563 g/mol. The van der Waals surface area contributed by atoms with E-state index in [0.29, 0.717) is 0 Å². The van der Waals surface area contributed by atoms with Crippen molar-refractivity contribution in [3.05, 3.63) is 29.0 Å². The van der Waals surface area contributed by atoms with Gasteiger partial charge in [0.1, 0.15) is 17.2 Å². The van der Waals surface area contributed by atoms with Gasteiger partial charge in [0.15, 0.2) is 18.0 Å². The van der Waals surface area contributed by atoms with Crippen molar-refractivity contribution < 1.29 is 60.6 Å². The number of azide groups is 1. The van der Waals surface area contributed by atoms with Gasteiger partial charge in [-0.15, -0.1) is 0 Å². The molecule has 23 heteroatoms. The lowest BCUT2D eigenvalue weighted by molar-refractivity contribution is -0.118. The number of hydrogen-bond donors (Lipinski definition) is 6. The quantitative estimate of drug-likeness (QED) is 0.1000. The van der Waals surface area contributed by atoms with E-state index in [-0.39, 0.29) is 16.9 Å². The highest BCUT2D eigenvalue weighted by Crippen LogP contribution is 2.66. The zero-order valence-corrected chi connectivity index (χ0v) is 19.6. The minimum Gasteiger partial charge on any atom is -0.397 e. The van der Waals surface area contributed by atoms with E-state index in [1.54, 1.807) is 0 Å². The molecule has 6 atom stereocenters. The van der Waals surface area contributed by atoms with Gasteiger partial charge in [-0.05, 0) is 11.6 Å². The Kier molecular flexibility index (Phi) is 7.72. The smallest absolute Gasteiger partial charge is 0.397 e. The Morgan fingerprint density at radius 2 is 1.94 bits per heavy atom. The molecule has 7 N–H and O–H groups in total. The number of nitrogens with two attached hydrogens (primary N) is 1. The maximum absolute atomic E-state index is 15.1. The SMILES string of the molecule is [N-]=[N+]=NC[C@]1(COP(=O)(O)OP(=O)(O)OP(=O)(O)O)O[C@@H](n2cnc3c(N)ccnc32)[C@H](F)[C@@H]1O. The highest BCUT2D eigenvalue weighted by atomic mass is 31.3. The summed E-state index contributed by atoms with van der Waals surface area (Å²) in [5.41, 5.74) is 12.5. The third kappa shape index (κ3) is 6.22. The number of nitrogen functional groups attached to an aromatic ring is 1. The van der Waals surface area contributed by atoms with E-state index >= 15 is 4.39 Å². The number of hydrogen-bond acceptors (Lipinski definition) is 12. The van der Waals surface area contributed by atoms with Gasteiger partial charge in [0.2, 0.25) is 0 Å². The van der Waals surface area contributed by atoms with E-state index < -0.39 is 60.7 Å². The topological polar surface area (TPSA) is 295 Å². The largest absolute Gasteiger partial charge is 0.490 e. The van der Waals surface area contributed by atoms with Crippen LogP contribution < -0.4 is 5.73 Å². The molecule has 3 heterocycles. The lowest BCUT2D eigenvalue weighted by Gasteiger charge is -2.30. The summed E-state index contributed by atoms with van der Waals surface area (Å²) in [5, 5.41) is 13.7. The Bertz CT molecular complexity index is 1300. The zero-order valence-electron chi connectivity index (χ0n) is 17.0. The fraction of sp³-hybridized carbons (Fsp3) is 0.500. The van der Waals surface area contributed by atoms with Crippen LogP contribution in [0.1, 0.15) is 6.23 Å². The fourth-order valence-corrected chi connectivity index (χ4v) is 6.19. The Balaban J connectivity index is 1.87. The predicted octanol–water partition coefficient (Wildman–Crippen LogP) is 0.634. The number of alkyl halides is 1. The van der Waals surface area contributed by atoms with Gasteiger partial charge < -0.3 is 35.2 Å². The van der Waals surface area contributed by atoms with Crippen LogP contribution in [0.3, 0.4) is 0 Å². The van der Waals surface area contributed by atoms with Gasteiger partial charge in [-0.1, -0.05) is 5.11 Å². The van der Waals surface area contributed by atoms with Crippen LogP contribution in [-0.4, -0.2) is 70.2 Å². The van der Waals surface area contributed by atoms with Gasteiger partial charge in [-0.2, -0.15) is 8.62 Å². The number of phosphoric acid groups is 3. The van der Waals surface area contributed by atoms with Gasteiger partial charge in [-0.25, -0.2) is 28.1 Å². The summed E-state index contributed by atoms with van der Waals surface area (Å²) in [6.07, 6.45) is -3.78. The minimum atomic E-state index is -5.84. The molecule has 2 aromatic heterocycles. The first-order valence-corrected chi connectivity index (χ1v) is 13.5. The van der Waals surface area contributed by atoms with Crippen LogP contribution in [0.15, 0.2) is 23.7 Å². The van der Waals surface area contributed by atoms with Crippen molar-refractivity contribution in [1.29, 1.82) is 0 Å². The number of ether oxygens (including phenoxy) is 1. The van der Waals surface area contributed by atoms with Crippen LogP contribution >= 0.6 is 23.5 Å². The number of aliphatic hydroxyl groups excluding tert-OH is 1. The van der Waals surface area contributed by atoms with Gasteiger partial charge in [0.05, 0.1) is 25.2 Å². The maximum atomic E-state index is 15.1. The minimum absolute atomic E-state index is 0.0392. The average molecular weight is 563 g/mol. The third-order valence-corrected chi connectivity index (χ3v) is 8.31. The number of aliphatic hydroxyl groups is 1. The highest BCUT2D eigenvalue weighted by molar-refractivity contribution is 7.66. The van der Waals surface area contributed by atoms with E-state index in [0.717, 1.165) is 10.9 Å². The molecule has 0 radical (unpaired) electrons. The Hall–Kier alpha value is -2.01. The second-order valence-corrected chi connectivity index (χ2v) is 11.4. The molecule has 1 aliphatic heterocycles. The summed E-state index contributed by atoms with van der Waals surface area (Å²) in [5.74, 6) is 0. The molecule has 0 aromatic carbocycles. The summed E-state index contributed by atoms with van der Waals surface area (Å²) in [7, 11) is -17.2. The molecule has 1 fully saturated rings. The van der Waals surface area contributed by atoms with Gasteiger partial charge in [0.25, 0.3) is 0 Å². The summed E-state index contributed by atoms with van der Waals surface area (Å²) in [6.45, 7) is -2.16. The molecule has 0 bridgehead atoms. The molecule has 35 heavy (non-hydrogen) atoms. The first-order chi connectivity index (χ1) is 16.1. The van der Waals surface area contributed by atoms with E-state index in [2.05, 4.69) is 33.1 Å². The number of aromatic nitrogens is 3. The Labute approximate surface area is 193 Å². The zero-order chi connectivity index (χ0) is 26.2. The lowest BCUT2D eigenvalue weighted by Crippen LogP contribution is -2.48. The number of halogens is 1. The first-order valence-electron chi connectivity index (χ1n) is 8.96. The van der Waals surface area contributed by atoms with Crippen molar-refractivity contribution in [1.82, 2.24) is 14.5 Å². The number of fused-ring (bicyclic) bond motifs is 1.